The van der Waals surface area contributed by atoms with E-state index in [4.69, 9.17) is 0 Å². The van der Waals surface area contributed by atoms with Crippen molar-refractivity contribution in [2.24, 2.45) is 5.41 Å². The molecule has 0 fully saturated rings. The van der Waals surface area contributed by atoms with Crippen LogP contribution in [0.5, 0.6) is 0 Å². The molecular formula is C21H26Cl2Hf. The molecular weight excluding hydrogens is 502 g/mol. The third kappa shape index (κ3) is 5.38. The summed E-state index contributed by atoms with van der Waals surface area (Å²) in [5.41, 5.74) is 7.17. The van der Waals surface area contributed by atoms with Gasteiger partial charge in [-0.1, -0.05) is 53.0 Å². The van der Waals surface area contributed by atoms with Crippen molar-refractivity contribution in [2.45, 2.75) is 48.5 Å². The first-order valence-corrected chi connectivity index (χ1v) is 7.65. The number of halogens is 2. The fourth-order valence-electron chi connectivity index (χ4n) is 3.06. The second kappa shape index (κ2) is 10.0. The summed E-state index contributed by atoms with van der Waals surface area (Å²) in [6.07, 6.45) is 3.44. The van der Waals surface area contributed by atoms with Crippen molar-refractivity contribution < 1.29 is 50.7 Å². The Balaban J connectivity index is 0. The van der Waals surface area contributed by atoms with Crippen LogP contribution < -0.4 is 24.8 Å². The summed E-state index contributed by atoms with van der Waals surface area (Å²) < 4.78 is 0. The summed E-state index contributed by atoms with van der Waals surface area (Å²) in [7, 11) is 0. The Bertz CT molecular complexity index is 697. The van der Waals surface area contributed by atoms with E-state index in [2.05, 4.69) is 84.9 Å². The molecule has 0 bridgehead atoms. The summed E-state index contributed by atoms with van der Waals surface area (Å²) in [5, 5.41) is 2.79. The number of hydrogen-bond acceptors (Lipinski definition) is 0. The van der Waals surface area contributed by atoms with Gasteiger partial charge in [-0.15, -0.1) is 47.5 Å². The minimum Gasteiger partial charge on any atom is -1.00 e. The maximum atomic E-state index is 3.44. The Morgan fingerprint density at radius 3 is 1.88 bits per heavy atom. The molecule has 24 heavy (non-hydrogen) atoms. The van der Waals surface area contributed by atoms with E-state index >= 15 is 0 Å². The zero-order valence-electron chi connectivity index (χ0n) is 15.6. The molecule has 0 amide bonds. The van der Waals surface area contributed by atoms with E-state index in [0.29, 0.717) is 0 Å². The summed E-state index contributed by atoms with van der Waals surface area (Å²) in [6, 6.07) is 10.8. The molecule has 1 aliphatic carbocycles. The van der Waals surface area contributed by atoms with E-state index in [1.54, 1.807) is 0 Å². The van der Waals surface area contributed by atoms with Crippen LogP contribution in [0.3, 0.4) is 0 Å². The molecule has 3 heteroatoms. The van der Waals surface area contributed by atoms with Gasteiger partial charge in [-0.25, -0.2) is 5.57 Å². The second-order valence-corrected chi connectivity index (χ2v) is 6.68. The molecule has 0 nitrogen and oxygen atoms in total. The van der Waals surface area contributed by atoms with Crippen LogP contribution in [0.1, 0.15) is 45.7 Å². The average Bonchev–Trinajstić information content (AvgIpc) is 2.81. The van der Waals surface area contributed by atoms with Crippen molar-refractivity contribution in [1.82, 2.24) is 0 Å². The van der Waals surface area contributed by atoms with Crippen LogP contribution in [0.25, 0.3) is 10.8 Å². The van der Waals surface area contributed by atoms with Gasteiger partial charge in [-0.05, 0) is 0 Å². The fraction of sp³-hybridized carbons (Fsp3) is 0.381. The van der Waals surface area contributed by atoms with E-state index in [1.807, 2.05) is 0 Å². The third-order valence-corrected chi connectivity index (χ3v) is 4.77. The maximum absolute atomic E-state index is 3.44. The first kappa shape index (κ1) is 26.0. The van der Waals surface area contributed by atoms with Gasteiger partial charge in [0.1, 0.15) is 0 Å². The predicted molar refractivity (Wildman–Crippen MR) is 93.6 cm³/mol. The van der Waals surface area contributed by atoms with Crippen LogP contribution in [-0.4, -0.2) is 0 Å². The van der Waals surface area contributed by atoms with Gasteiger partial charge in [0.15, 0.2) is 0 Å². The largest absolute Gasteiger partial charge is 4.00 e. The molecule has 0 radical (unpaired) electrons. The van der Waals surface area contributed by atoms with Crippen LogP contribution in [0, 0.1) is 25.3 Å². The molecule has 2 aromatic carbocycles. The van der Waals surface area contributed by atoms with Gasteiger partial charge in [0, 0.05) is 0 Å². The van der Waals surface area contributed by atoms with Crippen LogP contribution in [0.2, 0.25) is 0 Å². The van der Waals surface area contributed by atoms with Gasteiger partial charge in [0.05, 0.1) is 0 Å². The van der Waals surface area contributed by atoms with Gasteiger partial charge in [0.2, 0.25) is 0 Å². The van der Waals surface area contributed by atoms with Gasteiger partial charge in [-0.3, -0.25) is 6.08 Å². The van der Waals surface area contributed by atoms with Gasteiger partial charge < -0.3 is 24.8 Å². The molecule has 0 spiro atoms. The van der Waals surface area contributed by atoms with Crippen molar-refractivity contribution >= 4 is 10.8 Å². The van der Waals surface area contributed by atoms with Crippen molar-refractivity contribution in [3.8, 4) is 0 Å². The van der Waals surface area contributed by atoms with Gasteiger partial charge in [0.25, 0.3) is 0 Å². The molecule has 0 saturated heterocycles. The standard InChI is InChI=1S/C11H11.C10H15.2ClH.Hf/c1-8-7-9(2)11-6-4-3-5-10(8)11;1-7-6-10(4,5)9(3)8(7)2;;;/h3-7H,1-2H3;1-5H3;2*1H;/q2*-1;;;+4/p-2. The zero-order valence-corrected chi connectivity index (χ0v) is 20.7. The predicted octanol–water partition coefficient (Wildman–Crippen LogP) is 0.293. The van der Waals surface area contributed by atoms with E-state index in [-0.39, 0.29) is 56.1 Å². The quantitative estimate of drug-likeness (QED) is 0.342. The van der Waals surface area contributed by atoms with Crippen LogP contribution >= 0.6 is 0 Å². The first-order valence-electron chi connectivity index (χ1n) is 7.65. The van der Waals surface area contributed by atoms with Crippen molar-refractivity contribution in [3.63, 3.8) is 0 Å². The number of hydrogen-bond donors (Lipinski definition) is 0. The summed E-state index contributed by atoms with van der Waals surface area (Å²) in [4.78, 5) is 0. The SMILES string of the molecule is CC1=[C-]C(C)(C)C(C)=C1C.Cc1c[c-](C)c2ccccc12.[Cl-].[Cl-].[Hf+4]. The number of fused-ring (bicyclic) bond motifs is 1. The number of rotatable bonds is 0. The van der Waals surface area contributed by atoms with Crippen LogP contribution in [-0.2, 0) is 25.8 Å². The second-order valence-electron chi connectivity index (χ2n) is 6.68. The molecule has 0 saturated carbocycles. The Hall–Kier alpha value is -0.240. The Kier molecular flexibility index (Phi) is 10.9. The Morgan fingerprint density at radius 2 is 1.50 bits per heavy atom. The van der Waals surface area contributed by atoms with E-state index in [1.165, 1.54) is 38.6 Å². The molecule has 2 aromatic rings. The molecule has 0 aliphatic heterocycles. The van der Waals surface area contributed by atoms with Gasteiger partial charge >= 0.3 is 25.8 Å². The summed E-state index contributed by atoms with van der Waals surface area (Å²) in [5.74, 6) is 0. The van der Waals surface area contributed by atoms with Crippen molar-refractivity contribution in [3.05, 3.63) is 64.3 Å². The monoisotopic (exact) mass is 528 g/mol. The molecule has 0 unspecified atom stereocenters. The van der Waals surface area contributed by atoms with Crippen LogP contribution in [0.4, 0.5) is 0 Å². The topological polar surface area (TPSA) is 0 Å². The molecule has 0 aromatic heterocycles. The zero-order chi connectivity index (χ0) is 15.8. The minimum atomic E-state index is 0. The van der Waals surface area contributed by atoms with Crippen molar-refractivity contribution in [1.29, 1.82) is 0 Å². The Labute approximate surface area is 178 Å². The van der Waals surface area contributed by atoms with Crippen LogP contribution in [0.15, 0.2) is 47.1 Å². The van der Waals surface area contributed by atoms with Crippen molar-refractivity contribution in [2.75, 3.05) is 0 Å². The summed E-state index contributed by atoms with van der Waals surface area (Å²) >= 11 is 0. The smallest absolute Gasteiger partial charge is 1.00 e. The minimum absolute atomic E-state index is 0. The Morgan fingerprint density at radius 1 is 0.958 bits per heavy atom. The van der Waals surface area contributed by atoms with E-state index in [9.17, 15) is 0 Å². The van der Waals surface area contributed by atoms with E-state index in [0.717, 1.165) is 0 Å². The molecule has 0 heterocycles. The average molecular weight is 528 g/mol. The normalized spacial score (nSPS) is 14.7. The third-order valence-electron chi connectivity index (χ3n) is 4.77. The molecule has 1 aliphatic rings. The maximum Gasteiger partial charge on any atom is 4.00 e. The molecule has 0 atom stereocenters. The number of aryl methyl sites for hydroxylation is 2. The first-order chi connectivity index (χ1) is 9.74. The fourth-order valence-corrected chi connectivity index (χ4v) is 3.06. The molecule has 3 rings (SSSR count). The van der Waals surface area contributed by atoms with Gasteiger partial charge in [-0.2, -0.15) is 16.7 Å². The summed E-state index contributed by atoms with van der Waals surface area (Å²) in [6.45, 7) is 15.2. The van der Waals surface area contributed by atoms with E-state index < -0.39 is 0 Å². The molecule has 0 N–H and O–H groups in total. The number of allylic oxidation sites excluding steroid dienone is 4. The molecule has 128 valence electrons. The number of benzene rings is 1.